The van der Waals surface area contributed by atoms with Gasteiger partial charge in [0.1, 0.15) is 5.75 Å². The number of carbonyl (C=O) groups is 1. The smallest absolute Gasteiger partial charge is 0.234 e. The summed E-state index contributed by atoms with van der Waals surface area (Å²) in [5, 5.41) is 3.21. The van der Waals surface area contributed by atoms with Crippen molar-refractivity contribution < 1.29 is 9.53 Å². The summed E-state index contributed by atoms with van der Waals surface area (Å²) in [4.78, 5) is 16.8. The Morgan fingerprint density at radius 3 is 2.54 bits per heavy atom. The van der Waals surface area contributed by atoms with E-state index in [4.69, 9.17) is 4.74 Å². The summed E-state index contributed by atoms with van der Waals surface area (Å²) in [5.41, 5.74) is 1.14. The van der Waals surface area contributed by atoms with E-state index in [1.807, 2.05) is 18.2 Å². The van der Waals surface area contributed by atoms with Crippen molar-refractivity contribution in [2.75, 3.05) is 44.7 Å². The van der Waals surface area contributed by atoms with Crippen LogP contribution < -0.4 is 15.0 Å². The number of benzene rings is 1. The molecule has 0 spiro atoms. The van der Waals surface area contributed by atoms with Crippen molar-refractivity contribution in [3.8, 4) is 5.75 Å². The minimum absolute atomic E-state index is 0.188. The lowest BCUT2D eigenvalue weighted by atomic mass is 9.95. The number of nitrogens with one attached hydrogen (secondary N) is 1. The minimum Gasteiger partial charge on any atom is -0.495 e. The van der Waals surface area contributed by atoms with Gasteiger partial charge in [0.25, 0.3) is 0 Å². The highest BCUT2D eigenvalue weighted by Crippen LogP contribution is 2.28. The van der Waals surface area contributed by atoms with Gasteiger partial charge in [-0.25, -0.2) is 0 Å². The lowest BCUT2D eigenvalue weighted by Crippen LogP contribution is -2.50. The number of nitrogens with zero attached hydrogens (tertiary/aromatic N) is 2. The van der Waals surface area contributed by atoms with Gasteiger partial charge < -0.3 is 15.0 Å². The fourth-order valence-corrected chi connectivity index (χ4v) is 3.76. The first kappa shape index (κ1) is 17.1. The molecule has 1 aliphatic heterocycles. The molecule has 1 saturated heterocycles. The summed E-state index contributed by atoms with van der Waals surface area (Å²) in [5.74, 6) is 1.11. The van der Waals surface area contributed by atoms with Gasteiger partial charge in [-0.15, -0.1) is 0 Å². The van der Waals surface area contributed by atoms with Crippen molar-refractivity contribution in [3.05, 3.63) is 24.3 Å². The number of amides is 1. The fourth-order valence-electron chi connectivity index (χ4n) is 3.76. The third-order valence-electron chi connectivity index (χ3n) is 5.14. The molecule has 1 aromatic rings. The molecule has 5 nitrogen and oxygen atoms in total. The summed E-state index contributed by atoms with van der Waals surface area (Å²) >= 11 is 0. The number of ether oxygens (including phenoxy) is 1. The molecule has 0 atom stereocenters. The Hall–Kier alpha value is -1.75. The maximum atomic E-state index is 12.2. The van der Waals surface area contributed by atoms with Crippen LogP contribution in [0.4, 0.5) is 5.69 Å². The van der Waals surface area contributed by atoms with Gasteiger partial charge >= 0.3 is 0 Å². The average molecular weight is 331 g/mol. The molecule has 0 bridgehead atoms. The van der Waals surface area contributed by atoms with E-state index in [1.54, 1.807) is 7.11 Å². The maximum absolute atomic E-state index is 12.2. The fraction of sp³-hybridized carbons (Fsp3) is 0.632. The second-order valence-corrected chi connectivity index (χ2v) is 6.84. The highest BCUT2D eigenvalue weighted by Gasteiger charge is 2.22. The molecule has 24 heavy (non-hydrogen) atoms. The third-order valence-corrected chi connectivity index (χ3v) is 5.14. The molecule has 1 aliphatic carbocycles. The lowest BCUT2D eigenvalue weighted by molar-refractivity contribution is -0.123. The van der Waals surface area contributed by atoms with E-state index >= 15 is 0 Å². The Kier molecular flexibility index (Phi) is 5.96. The van der Waals surface area contributed by atoms with Gasteiger partial charge in [-0.1, -0.05) is 31.4 Å². The largest absolute Gasteiger partial charge is 0.495 e. The van der Waals surface area contributed by atoms with Gasteiger partial charge in [0.05, 0.1) is 19.3 Å². The van der Waals surface area contributed by atoms with Crippen molar-refractivity contribution in [3.63, 3.8) is 0 Å². The second kappa shape index (κ2) is 8.38. The standard InChI is InChI=1S/C19H29N3O2/c1-24-18-10-6-5-9-17(18)22-13-11-21(12-14-22)15-19(23)20-16-7-3-2-4-8-16/h5-6,9-10,16H,2-4,7-8,11-15H2,1H3,(H,20,23). The van der Waals surface area contributed by atoms with Crippen LogP contribution in [-0.4, -0.2) is 56.7 Å². The molecule has 0 radical (unpaired) electrons. The zero-order chi connectivity index (χ0) is 16.8. The van der Waals surface area contributed by atoms with E-state index in [0.717, 1.165) is 50.5 Å². The Balaban J connectivity index is 1.45. The Bertz CT molecular complexity index is 535. The first-order valence-electron chi connectivity index (χ1n) is 9.16. The van der Waals surface area contributed by atoms with Crippen molar-refractivity contribution >= 4 is 11.6 Å². The SMILES string of the molecule is COc1ccccc1N1CCN(CC(=O)NC2CCCCC2)CC1. The van der Waals surface area contributed by atoms with Crippen LogP contribution >= 0.6 is 0 Å². The maximum Gasteiger partial charge on any atom is 0.234 e. The molecule has 1 heterocycles. The summed E-state index contributed by atoms with van der Waals surface area (Å²) in [7, 11) is 1.71. The monoisotopic (exact) mass is 331 g/mol. The summed E-state index contributed by atoms with van der Waals surface area (Å²) < 4.78 is 5.46. The van der Waals surface area contributed by atoms with Crippen LogP contribution in [0.2, 0.25) is 0 Å². The summed E-state index contributed by atoms with van der Waals surface area (Å²) in [6.07, 6.45) is 6.11. The van der Waals surface area contributed by atoms with Crippen molar-refractivity contribution in [1.29, 1.82) is 0 Å². The van der Waals surface area contributed by atoms with Gasteiger partial charge in [-0.3, -0.25) is 9.69 Å². The van der Waals surface area contributed by atoms with Gasteiger partial charge in [-0.05, 0) is 25.0 Å². The third kappa shape index (κ3) is 4.41. The molecule has 1 N–H and O–H groups in total. The summed E-state index contributed by atoms with van der Waals surface area (Å²) in [6, 6.07) is 8.54. The molecule has 0 unspecified atom stereocenters. The van der Waals surface area contributed by atoms with Gasteiger partial charge in [0.2, 0.25) is 5.91 Å². The normalized spacial score (nSPS) is 20.0. The molecule has 1 aromatic carbocycles. The van der Waals surface area contributed by atoms with Gasteiger partial charge in [0.15, 0.2) is 0 Å². The van der Waals surface area contributed by atoms with E-state index in [2.05, 4.69) is 21.2 Å². The molecule has 0 aromatic heterocycles. The highest BCUT2D eigenvalue weighted by atomic mass is 16.5. The van der Waals surface area contributed by atoms with E-state index in [1.165, 1.54) is 19.3 Å². The molecule has 2 fully saturated rings. The minimum atomic E-state index is 0.188. The van der Waals surface area contributed by atoms with Crippen LogP contribution in [0, 0.1) is 0 Å². The molecular weight excluding hydrogens is 302 g/mol. The van der Waals surface area contributed by atoms with Crippen molar-refractivity contribution in [2.24, 2.45) is 0 Å². The number of methoxy groups -OCH3 is 1. The topological polar surface area (TPSA) is 44.8 Å². The first-order chi connectivity index (χ1) is 11.8. The van der Waals surface area contributed by atoms with Crippen LogP contribution in [0.25, 0.3) is 0 Å². The van der Waals surface area contributed by atoms with Crippen molar-refractivity contribution in [2.45, 2.75) is 38.1 Å². The molecule has 2 aliphatic rings. The zero-order valence-corrected chi connectivity index (χ0v) is 14.7. The number of piperazine rings is 1. The molecule has 1 amide bonds. The molecular formula is C19H29N3O2. The van der Waals surface area contributed by atoms with Gasteiger partial charge in [0, 0.05) is 32.2 Å². The quantitative estimate of drug-likeness (QED) is 0.899. The van der Waals surface area contributed by atoms with Crippen LogP contribution in [0.5, 0.6) is 5.75 Å². The summed E-state index contributed by atoms with van der Waals surface area (Å²) in [6.45, 7) is 4.21. The Morgan fingerprint density at radius 1 is 1.12 bits per heavy atom. The second-order valence-electron chi connectivity index (χ2n) is 6.84. The number of anilines is 1. The predicted octanol–water partition coefficient (Wildman–Crippen LogP) is 2.27. The number of carbonyl (C=O) groups excluding carboxylic acids is 1. The van der Waals surface area contributed by atoms with E-state index < -0.39 is 0 Å². The highest BCUT2D eigenvalue weighted by molar-refractivity contribution is 5.78. The Morgan fingerprint density at radius 2 is 1.83 bits per heavy atom. The van der Waals surface area contributed by atoms with Crippen LogP contribution in [0.3, 0.4) is 0 Å². The van der Waals surface area contributed by atoms with E-state index in [0.29, 0.717) is 12.6 Å². The van der Waals surface area contributed by atoms with Crippen LogP contribution in [-0.2, 0) is 4.79 Å². The predicted molar refractivity (Wildman–Crippen MR) is 96.7 cm³/mol. The molecule has 5 heteroatoms. The van der Waals surface area contributed by atoms with Crippen LogP contribution in [0.15, 0.2) is 24.3 Å². The molecule has 1 saturated carbocycles. The molecule has 132 valence electrons. The number of rotatable bonds is 5. The number of hydrogen-bond donors (Lipinski definition) is 1. The number of hydrogen-bond acceptors (Lipinski definition) is 4. The number of para-hydroxylation sites is 2. The van der Waals surface area contributed by atoms with E-state index in [9.17, 15) is 4.79 Å². The van der Waals surface area contributed by atoms with Gasteiger partial charge in [-0.2, -0.15) is 0 Å². The van der Waals surface area contributed by atoms with E-state index in [-0.39, 0.29) is 5.91 Å². The molecule has 3 rings (SSSR count). The van der Waals surface area contributed by atoms with Crippen molar-refractivity contribution in [1.82, 2.24) is 10.2 Å². The van der Waals surface area contributed by atoms with Crippen LogP contribution in [0.1, 0.15) is 32.1 Å². The zero-order valence-electron chi connectivity index (χ0n) is 14.7. The Labute approximate surface area is 145 Å². The lowest BCUT2D eigenvalue weighted by Gasteiger charge is -2.36. The average Bonchev–Trinajstić information content (AvgIpc) is 2.63. The first-order valence-corrected chi connectivity index (χ1v) is 9.16.